The number of carboxylic acid groups (broad SMARTS) is 1. The van der Waals surface area contributed by atoms with Gasteiger partial charge in [-0.15, -0.1) is 0 Å². The van der Waals surface area contributed by atoms with Gasteiger partial charge in [-0.2, -0.15) is 13.2 Å². The molecule has 3 aromatic rings. The average Bonchev–Trinajstić information content (AvgIpc) is 3.13. The van der Waals surface area contributed by atoms with Crippen molar-refractivity contribution >= 4 is 17.8 Å². The Morgan fingerprint density at radius 1 is 0.962 bits per heavy atom. The van der Waals surface area contributed by atoms with Crippen LogP contribution in [0, 0.1) is 0 Å². The Hall–Kier alpha value is -4.46. The molecule has 0 bridgehead atoms. The Morgan fingerprint density at radius 3 is 2.23 bits per heavy atom. The number of piperazine rings is 1. The standard InChI is InChI=1S/C37H51N5O3.C2HF3O2/c1-4-5-20-39-37(38)40-36(43)19-15-30-14-18-34(35(27-30)45-26-9-25-44-3)33-16-12-31(13-17-33)28-41-21-23-42(24-22-41)29(2)32-10-7-6-8-11-32;3-2(4,5)1(6)7/h6-8,10-14,16-18,27,29H,4-5,9,15,19-26,28H2,1-3H3,(H3,38,39,40,43);(H,6,7). The summed E-state index contributed by atoms with van der Waals surface area (Å²) in [5, 5.41) is 9.82. The number of amides is 1. The number of rotatable bonds is 16. The van der Waals surface area contributed by atoms with Crippen LogP contribution in [0.25, 0.3) is 11.1 Å². The predicted molar refractivity (Wildman–Crippen MR) is 197 cm³/mol. The number of hydrogen-bond donors (Lipinski definition) is 3. The van der Waals surface area contributed by atoms with Crippen molar-refractivity contribution < 1.29 is 37.3 Å². The fraction of sp³-hybridized carbons (Fsp3) is 0.462. The zero-order valence-electron chi connectivity index (χ0n) is 30.3. The number of aliphatic carboxylic acids is 1. The van der Waals surface area contributed by atoms with Crippen LogP contribution in [-0.4, -0.2) is 92.0 Å². The van der Waals surface area contributed by atoms with Crippen LogP contribution in [0.5, 0.6) is 5.75 Å². The van der Waals surface area contributed by atoms with Crippen molar-refractivity contribution in [3.63, 3.8) is 0 Å². The normalized spacial score (nSPS) is 14.6. The van der Waals surface area contributed by atoms with E-state index in [0.29, 0.717) is 38.6 Å². The number of nitrogens with zero attached hydrogens (tertiary/aromatic N) is 3. The second kappa shape index (κ2) is 21.8. The molecule has 0 radical (unpaired) electrons. The summed E-state index contributed by atoms with van der Waals surface area (Å²) in [6, 6.07) is 26.3. The Bertz CT molecular complexity index is 1550. The third kappa shape index (κ3) is 14.6. The predicted octanol–water partition coefficient (Wildman–Crippen LogP) is 6.44. The third-order valence-electron chi connectivity index (χ3n) is 8.65. The van der Waals surface area contributed by atoms with E-state index in [1.807, 2.05) is 0 Å². The van der Waals surface area contributed by atoms with Gasteiger partial charge in [0.05, 0.1) is 6.61 Å². The Morgan fingerprint density at radius 2 is 1.62 bits per heavy atom. The van der Waals surface area contributed by atoms with Crippen molar-refractivity contribution in [2.75, 3.05) is 53.0 Å². The summed E-state index contributed by atoms with van der Waals surface area (Å²) in [7, 11) is 1.70. The molecule has 1 aliphatic rings. The fourth-order valence-electron chi connectivity index (χ4n) is 5.62. The summed E-state index contributed by atoms with van der Waals surface area (Å²) >= 11 is 0. The van der Waals surface area contributed by atoms with Gasteiger partial charge in [-0.3, -0.25) is 24.9 Å². The van der Waals surface area contributed by atoms with Crippen LogP contribution >= 0.6 is 0 Å². The summed E-state index contributed by atoms with van der Waals surface area (Å²) < 4.78 is 43.2. The minimum Gasteiger partial charge on any atom is -0.493 e. The van der Waals surface area contributed by atoms with Gasteiger partial charge in [-0.05, 0) is 48.1 Å². The number of aliphatic imine (C=N–C) groups is 1. The highest BCUT2D eigenvalue weighted by Crippen LogP contribution is 2.32. The maximum Gasteiger partial charge on any atom is 0.490 e. The molecule has 1 unspecified atom stereocenters. The lowest BCUT2D eigenvalue weighted by Gasteiger charge is -2.38. The molecule has 1 fully saturated rings. The Balaban J connectivity index is 0.000000944. The van der Waals surface area contributed by atoms with Gasteiger partial charge in [0.2, 0.25) is 5.91 Å². The van der Waals surface area contributed by atoms with Crippen LogP contribution < -0.4 is 15.8 Å². The first-order valence-electron chi connectivity index (χ1n) is 17.7. The minimum absolute atomic E-state index is 0.137. The van der Waals surface area contributed by atoms with Gasteiger partial charge in [-0.25, -0.2) is 4.79 Å². The Kier molecular flexibility index (Phi) is 17.6. The molecule has 284 valence electrons. The molecule has 52 heavy (non-hydrogen) atoms. The molecule has 10 nitrogen and oxygen atoms in total. The van der Waals surface area contributed by atoms with Gasteiger partial charge in [0, 0.05) is 77.4 Å². The number of guanidine groups is 1. The van der Waals surface area contributed by atoms with E-state index in [4.69, 9.17) is 25.1 Å². The maximum absolute atomic E-state index is 12.4. The second-order valence-electron chi connectivity index (χ2n) is 12.6. The van der Waals surface area contributed by atoms with Crippen molar-refractivity contribution in [2.24, 2.45) is 10.7 Å². The molecule has 1 saturated heterocycles. The van der Waals surface area contributed by atoms with Crippen LogP contribution in [0.15, 0.2) is 77.8 Å². The van der Waals surface area contributed by atoms with Crippen LogP contribution in [0.4, 0.5) is 13.2 Å². The van der Waals surface area contributed by atoms with Gasteiger partial charge >= 0.3 is 12.1 Å². The first-order valence-corrected chi connectivity index (χ1v) is 17.7. The molecular formula is C39H52F3N5O5. The molecule has 0 aliphatic carbocycles. The number of benzene rings is 3. The molecule has 13 heteroatoms. The SMILES string of the molecule is CCCCN=C(N)NC(=O)CCc1ccc(-c2ccc(CN3CCN(C(C)c4ccccc4)CC3)cc2)c(OCCCOC)c1.O=C(O)C(F)(F)F. The van der Waals surface area contributed by atoms with Crippen molar-refractivity contribution in [1.29, 1.82) is 0 Å². The number of ether oxygens (including phenoxy) is 2. The number of methoxy groups -OCH3 is 1. The molecule has 0 saturated carbocycles. The van der Waals surface area contributed by atoms with E-state index in [2.05, 4.69) is 107 Å². The quantitative estimate of drug-likeness (QED) is 0.0874. The molecule has 3 aromatic carbocycles. The van der Waals surface area contributed by atoms with E-state index in [1.54, 1.807) is 7.11 Å². The molecule has 1 heterocycles. The van der Waals surface area contributed by atoms with E-state index in [9.17, 15) is 18.0 Å². The topological polar surface area (TPSA) is 130 Å². The Labute approximate surface area is 304 Å². The highest BCUT2D eigenvalue weighted by molar-refractivity contribution is 5.96. The monoisotopic (exact) mass is 727 g/mol. The number of carboxylic acids is 1. The van der Waals surface area contributed by atoms with Gasteiger partial charge in [0.25, 0.3) is 0 Å². The van der Waals surface area contributed by atoms with Crippen molar-refractivity contribution in [3.05, 3.63) is 89.5 Å². The molecule has 1 aliphatic heterocycles. The molecule has 0 spiro atoms. The number of hydrogen-bond acceptors (Lipinski definition) is 7. The molecule has 0 aromatic heterocycles. The number of halogens is 3. The van der Waals surface area contributed by atoms with Crippen molar-refractivity contribution in [3.8, 4) is 16.9 Å². The summed E-state index contributed by atoms with van der Waals surface area (Å²) in [5.74, 6) is -1.88. The summed E-state index contributed by atoms with van der Waals surface area (Å²) in [5.41, 5.74) is 11.7. The van der Waals surface area contributed by atoms with Crippen LogP contribution in [0.2, 0.25) is 0 Å². The van der Waals surface area contributed by atoms with Crippen molar-refractivity contribution in [2.45, 2.75) is 64.7 Å². The number of carbonyl (C=O) groups is 2. The number of carbonyl (C=O) groups excluding carboxylic acids is 1. The van der Waals surface area contributed by atoms with Crippen LogP contribution in [0.1, 0.15) is 62.3 Å². The highest BCUT2D eigenvalue weighted by atomic mass is 19.4. The smallest absolute Gasteiger partial charge is 0.490 e. The zero-order valence-corrected chi connectivity index (χ0v) is 30.3. The first kappa shape index (κ1) is 42.0. The van der Waals surface area contributed by atoms with Gasteiger partial charge in [-0.1, -0.05) is 80.1 Å². The van der Waals surface area contributed by atoms with E-state index in [0.717, 1.165) is 74.4 Å². The number of unbranched alkanes of at least 4 members (excludes halogenated alkanes) is 1. The number of alkyl halides is 3. The molecule has 4 N–H and O–H groups in total. The van der Waals surface area contributed by atoms with Gasteiger partial charge in [0.1, 0.15) is 5.75 Å². The lowest BCUT2D eigenvalue weighted by molar-refractivity contribution is -0.192. The van der Waals surface area contributed by atoms with E-state index in [-0.39, 0.29) is 11.9 Å². The van der Waals surface area contributed by atoms with E-state index < -0.39 is 12.1 Å². The lowest BCUT2D eigenvalue weighted by Crippen LogP contribution is -2.46. The zero-order chi connectivity index (χ0) is 37.9. The fourth-order valence-corrected chi connectivity index (χ4v) is 5.62. The average molecular weight is 728 g/mol. The maximum atomic E-state index is 12.4. The number of nitrogens with one attached hydrogen (secondary N) is 1. The summed E-state index contributed by atoms with van der Waals surface area (Å²) in [6.07, 6.45) is -1.39. The second-order valence-corrected chi connectivity index (χ2v) is 12.6. The highest BCUT2D eigenvalue weighted by Gasteiger charge is 2.38. The van der Waals surface area contributed by atoms with Gasteiger partial charge < -0.3 is 20.3 Å². The molecular weight excluding hydrogens is 675 g/mol. The van der Waals surface area contributed by atoms with Crippen molar-refractivity contribution in [1.82, 2.24) is 15.1 Å². The molecule has 1 atom stereocenters. The minimum atomic E-state index is -5.08. The van der Waals surface area contributed by atoms with E-state index in [1.165, 1.54) is 11.1 Å². The van der Waals surface area contributed by atoms with Gasteiger partial charge in [0.15, 0.2) is 5.96 Å². The van der Waals surface area contributed by atoms with Crippen LogP contribution in [0.3, 0.4) is 0 Å². The molecule has 1 amide bonds. The number of aryl methyl sites for hydroxylation is 1. The van der Waals surface area contributed by atoms with E-state index >= 15 is 0 Å². The number of nitrogens with two attached hydrogens (primary N) is 1. The lowest BCUT2D eigenvalue weighted by atomic mass is 9.99. The first-order chi connectivity index (χ1) is 24.9. The molecule has 4 rings (SSSR count). The third-order valence-corrected chi connectivity index (χ3v) is 8.65. The summed E-state index contributed by atoms with van der Waals surface area (Å²) in [6.45, 7) is 11.5. The largest absolute Gasteiger partial charge is 0.493 e. The van der Waals surface area contributed by atoms with Crippen LogP contribution in [-0.2, 0) is 27.3 Å². The summed E-state index contributed by atoms with van der Waals surface area (Å²) in [4.78, 5) is 30.7.